The van der Waals surface area contributed by atoms with Crippen LogP contribution in [0.15, 0.2) is 111 Å². The van der Waals surface area contributed by atoms with E-state index in [-0.39, 0.29) is 108 Å². The number of halogens is 5. The molecule has 1 aromatic carbocycles. The van der Waals surface area contributed by atoms with E-state index < -0.39 is 90.4 Å². The first-order valence-corrected chi connectivity index (χ1v) is 36.8. The molecular weight excluding hydrogens is 1460 g/mol. The summed E-state index contributed by atoms with van der Waals surface area (Å²) < 4.78 is 123. The number of benzene rings is 1. The van der Waals surface area contributed by atoms with Crippen LogP contribution in [0.4, 0.5) is 30.6 Å². The number of pyridine rings is 1. The van der Waals surface area contributed by atoms with E-state index in [1.54, 1.807) is 40.0 Å². The Balaban J connectivity index is 0.000000167. The molecule has 12 N–H and O–H groups in total. The third-order valence-corrected chi connectivity index (χ3v) is 19.2. The van der Waals surface area contributed by atoms with Crippen molar-refractivity contribution in [3.05, 3.63) is 172 Å². The van der Waals surface area contributed by atoms with Crippen molar-refractivity contribution in [3.8, 4) is 0 Å². The molecule has 8 aromatic rings. The molecule has 0 aliphatic heterocycles. The van der Waals surface area contributed by atoms with E-state index in [0.717, 1.165) is 24.4 Å². The number of nitrogens with zero attached hydrogens (tertiary/aromatic N) is 13. The molecule has 11 atom stereocenters. The molecule has 4 saturated carbocycles. The van der Waals surface area contributed by atoms with Gasteiger partial charge in [0, 0.05) is 84.6 Å². The van der Waals surface area contributed by atoms with Crippen molar-refractivity contribution in [2.75, 3.05) is 35.8 Å². The fraction of sp³-hybridized carbons (Fsp3) is 0.426. The molecule has 2 unspecified atom stereocenters. The van der Waals surface area contributed by atoms with Crippen LogP contribution in [-0.4, -0.2) is 178 Å². The van der Waals surface area contributed by atoms with Gasteiger partial charge in [-0.1, -0.05) is 42.3 Å². The molecule has 0 amide bonds. The summed E-state index contributed by atoms with van der Waals surface area (Å²) in [5.74, 6) is -0.652. The molecule has 0 spiro atoms. The van der Waals surface area contributed by atoms with Gasteiger partial charge in [-0.15, -0.1) is 0 Å². The van der Waals surface area contributed by atoms with Gasteiger partial charge in [0.05, 0.1) is 62.3 Å². The Bertz CT molecular complexity index is 4700. The topological polar surface area (TPSA) is 500 Å². The number of rotatable bonds is 27. The molecule has 0 saturated heterocycles. The molecule has 34 nitrogen and oxygen atoms in total. The summed E-state index contributed by atoms with van der Waals surface area (Å²) in [4.78, 5) is 67.0. The van der Waals surface area contributed by atoms with Crippen molar-refractivity contribution < 1.29 is 80.7 Å². The van der Waals surface area contributed by atoms with E-state index in [1.165, 1.54) is 60.8 Å². The van der Waals surface area contributed by atoms with Gasteiger partial charge in [-0.2, -0.15) is 53.7 Å². The van der Waals surface area contributed by atoms with Crippen molar-refractivity contribution in [2.24, 2.45) is 45.0 Å². The minimum absolute atomic E-state index is 0.0166. The number of aromatic nitrogens is 13. The number of hydrogen-bond acceptors (Lipinski definition) is 28. The van der Waals surface area contributed by atoms with Crippen LogP contribution in [0.5, 0.6) is 0 Å². The Labute approximate surface area is 597 Å². The SMILES string of the molecule is CC1CC1Cn1ccc(C(=O)c2cncnc2N[C@@H]2C[C@H](COS(N)(=O)=O)[C@@H](O)C2)n1.NS(=O)(=O)OC[C@H]1C[C@@H](Nc2ncnc(Cl)c2C(=O)c2ccn(Cc3cccc(Cl)c3)n2)C[C@@H]1O.NS(=O)(=O)OC[C@H]1C[C@@H](Nc2ncncc2C(=O)c2ccn(Cc3ccnc(C(F)(F)F)c3)n2)C[C@@H]1O. The lowest BCUT2D eigenvalue weighted by atomic mass is 10.1. The third-order valence-electron chi connectivity index (χ3n) is 17.3. The van der Waals surface area contributed by atoms with E-state index in [1.807, 2.05) is 18.2 Å². The van der Waals surface area contributed by atoms with Crippen LogP contribution >= 0.6 is 23.2 Å². The van der Waals surface area contributed by atoms with Gasteiger partial charge in [0.25, 0.3) is 0 Å². The van der Waals surface area contributed by atoms with Crippen molar-refractivity contribution in [3.63, 3.8) is 0 Å². The molecule has 4 aliphatic rings. The van der Waals surface area contributed by atoms with Gasteiger partial charge in [-0.3, -0.25) is 46.0 Å². The number of hydrogen-bond donors (Lipinski definition) is 9. The van der Waals surface area contributed by atoms with Gasteiger partial charge in [-0.05, 0) is 110 Å². The monoisotopic (exact) mass is 1530 g/mol. The fourth-order valence-electron chi connectivity index (χ4n) is 12.0. The molecule has 0 bridgehead atoms. The van der Waals surface area contributed by atoms with Crippen LogP contribution in [0.25, 0.3) is 0 Å². The lowest BCUT2D eigenvalue weighted by molar-refractivity contribution is -0.141. The molecule has 4 fully saturated rings. The second-order valence-corrected chi connectivity index (χ2v) is 29.5. The smallest absolute Gasteiger partial charge is 0.393 e. The second kappa shape index (κ2) is 33.1. The highest BCUT2D eigenvalue weighted by atomic mass is 35.5. The minimum Gasteiger partial charge on any atom is -0.393 e. The number of carbonyl (C=O) groups is 3. The second-order valence-electron chi connectivity index (χ2n) is 25.1. The van der Waals surface area contributed by atoms with Crippen molar-refractivity contribution in [2.45, 2.75) is 114 Å². The highest BCUT2D eigenvalue weighted by Gasteiger charge is 2.39. The summed E-state index contributed by atoms with van der Waals surface area (Å²) in [5, 5.41) is 68.1. The third kappa shape index (κ3) is 22.0. The molecule has 42 heteroatoms. The first kappa shape index (κ1) is 77.1. The summed E-state index contributed by atoms with van der Waals surface area (Å²) in [6, 6.07) is 13.4. The Morgan fingerprint density at radius 2 is 0.981 bits per heavy atom. The number of alkyl halides is 3. The predicted molar refractivity (Wildman–Crippen MR) is 360 cm³/mol. The Hall–Kier alpha value is -8.49. The summed E-state index contributed by atoms with van der Waals surface area (Å²) in [6.07, 6.45) is 8.65. The van der Waals surface area contributed by atoms with E-state index in [2.05, 4.69) is 85.6 Å². The van der Waals surface area contributed by atoms with Gasteiger partial charge in [0.2, 0.25) is 17.3 Å². The molecule has 4 aliphatic carbocycles. The number of carbonyl (C=O) groups excluding carboxylic acids is 3. The average Bonchev–Trinajstić information content (AvgIpc) is 1.63. The van der Waals surface area contributed by atoms with Gasteiger partial charge < -0.3 is 31.3 Å². The number of nitrogens with one attached hydrogen (secondary N) is 3. The Kier molecular flexibility index (Phi) is 24.8. The molecular formula is C61H70Cl2F3N19O15S3. The van der Waals surface area contributed by atoms with Crippen molar-refractivity contribution in [1.29, 1.82) is 0 Å². The molecule has 7 aromatic heterocycles. The van der Waals surface area contributed by atoms with Crippen LogP contribution in [0, 0.1) is 29.6 Å². The Morgan fingerprint density at radius 3 is 1.43 bits per heavy atom. The zero-order valence-electron chi connectivity index (χ0n) is 54.3. The minimum atomic E-state index is -4.58. The highest BCUT2D eigenvalue weighted by Crippen LogP contribution is 2.39. The van der Waals surface area contributed by atoms with Gasteiger partial charge in [0.15, 0.2) is 0 Å². The summed E-state index contributed by atoms with van der Waals surface area (Å²) in [7, 11) is -12.3. The number of ketones is 3. The highest BCUT2D eigenvalue weighted by molar-refractivity contribution is 7.84. The summed E-state index contributed by atoms with van der Waals surface area (Å²) in [6.45, 7) is 2.66. The van der Waals surface area contributed by atoms with Gasteiger partial charge in [0.1, 0.15) is 69.9 Å². The fourth-order valence-corrected chi connectivity index (χ4v) is 13.5. The predicted octanol–water partition coefficient (Wildman–Crippen LogP) is 3.50. The molecule has 103 heavy (non-hydrogen) atoms. The number of anilines is 3. The lowest BCUT2D eigenvalue weighted by Crippen LogP contribution is -2.24. The van der Waals surface area contributed by atoms with E-state index >= 15 is 0 Å². The van der Waals surface area contributed by atoms with Crippen LogP contribution in [0.1, 0.15) is 117 Å². The number of aliphatic hydroxyl groups excluding tert-OH is 3. The maximum Gasteiger partial charge on any atom is 0.433 e. The first-order valence-electron chi connectivity index (χ1n) is 31.6. The van der Waals surface area contributed by atoms with E-state index in [0.29, 0.717) is 66.2 Å². The van der Waals surface area contributed by atoms with Gasteiger partial charge >= 0.3 is 37.1 Å². The van der Waals surface area contributed by atoms with Crippen LogP contribution in [-0.2, 0) is 69.3 Å². The zero-order valence-corrected chi connectivity index (χ0v) is 58.3. The maximum absolute atomic E-state index is 13.3. The first-order chi connectivity index (χ1) is 48.7. The molecule has 12 rings (SSSR count). The summed E-state index contributed by atoms with van der Waals surface area (Å²) in [5.41, 5.74) is 1.10. The van der Waals surface area contributed by atoms with Crippen LogP contribution in [0.3, 0.4) is 0 Å². The number of aliphatic hydroxyl groups is 3. The van der Waals surface area contributed by atoms with Crippen LogP contribution < -0.4 is 31.4 Å². The molecule has 7 heterocycles. The Morgan fingerprint density at radius 1 is 0.553 bits per heavy atom. The average molecular weight is 1530 g/mol. The van der Waals surface area contributed by atoms with Crippen molar-refractivity contribution >= 4 is 88.9 Å². The van der Waals surface area contributed by atoms with E-state index in [4.69, 9.17) is 38.6 Å². The van der Waals surface area contributed by atoms with Crippen LogP contribution in [0.2, 0.25) is 10.2 Å². The zero-order chi connectivity index (χ0) is 74.1. The molecule has 0 radical (unpaired) electrons. The van der Waals surface area contributed by atoms with Gasteiger partial charge in [-0.25, -0.2) is 45.3 Å². The number of nitrogens with two attached hydrogens (primary N) is 3. The quantitative estimate of drug-likeness (QED) is 0.0263. The summed E-state index contributed by atoms with van der Waals surface area (Å²) >= 11 is 12.3. The normalized spacial score (nSPS) is 22.5. The largest absolute Gasteiger partial charge is 0.433 e. The standard InChI is InChI=1S/C21H22Cl2N6O5S.C21H22F3N7O5S.C19H26N6O5S/c22-14-3-1-2-12(6-14)9-29-5-4-16(28-29)19(31)18-20(23)25-11-26-21(18)27-15-7-13(17(30)8-15)10-34-35(24,32)33;22-21(23,24)18-5-12(1-3-27-18)9-31-4-2-16(30-31)19(33)15-8-26-11-28-20(15)29-14-6-13(17(32)7-14)10-36-37(25,34)35;1-11-4-12(11)8-25-3-2-16(24-25)18(27)15-7-21-10-22-19(15)23-14-5-13(17(26)6-14)9-30-31(20,28)29/h1-6,11,13,15,17,30H,7-10H2,(H2,24,32,33)(H,25,26,27);1-5,8,11,13-14,17,32H,6-7,9-10H2,(H2,25,34,35)(H,26,28,29);2-3,7,10-14,17,26H,4-6,8-9H2,1H3,(H2,20,28,29)(H,21,22,23)/t13-,15-,17+;13-,14-,17+;11?,12?,13-,14-,17+/m111/s1. The van der Waals surface area contributed by atoms with E-state index in [9.17, 15) is 68.1 Å². The lowest BCUT2D eigenvalue weighted by Gasteiger charge is -2.16. The maximum atomic E-state index is 13.3. The molecule has 552 valence electrons. The van der Waals surface area contributed by atoms with Crippen molar-refractivity contribution in [1.82, 2.24) is 64.2 Å².